The average molecular weight is 453 g/mol. The predicted molar refractivity (Wildman–Crippen MR) is 110 cm³/mol. The number of benzene rings is 1. The Hall–Kier alpha value is -2.74. The highest BCUT2D eigenvalue weighted by Crippen LogP contribution is 2.38. The van der Waals surface area contributed by atoms with Gasteiger partial charge in [0, 0.05) is 16.7 Å². The van der Waals surface area contributed by atoms with Gasteiger partial charge in [0.1, 0.15) is 23.9 Å². The fourth-order valence-corrected chi connectivity index (χ4v) is 3.45. The molecule has 30 heavy (non-hydrogen) atoms. The third kappa shape index (κ3) is 4.70. The van der Waals surface area contributed by atoms with Crippen molar-refractivity contribution in [3.63, 3.8) is 0 Å². The first-order chi connectivity index (χ1) is 14.3. The van der Waals surface area contributed by atoms with E-state index in [0.29, 0.717) is 21.4 Å². The van der Waals surface area contributed by atoms with Gasteiger partial charge in [-0.2, -0.15) is 0 Å². The first-order valence-corrected chi connectivity index (χ1v) is 9.77. The largest absolute Gasteiger partial charge is 0.502 e. The molecule has 9 heteroatoms. The first-order valence-electron chi connectivity index (χ1n) is 9.01. The number of rotatable bonds is 7. The number of ether oxygens (including phenoxy) is 1. The van der Waals surface area contributed by atoms with Gasteiger partial charge < -0.3 is 23.8 Å². The summed E-state index contributed by atoms with van der Waals surface area (Å²) in [5.41, 5.74) is -0.182. The van der Waals surface area contributed by atoms with E-state index in [1.807, 2.05) is 0 Å². The third-order valence-corrected chi connectivity index (χ3v) is 4.86. The summed E-state index contributed by atoms with van der Waals surface area (Å²) in [6.07, 6.45) is -0.263. The van der Waals surface area contributed by atoms with Gasteiger partial charge in [0.25, 0.3) is 0 Å². The summed E-state index contributed by atoms with van der Waals surface area (Å²) < 4.78 is 16.4. The van der Waals surface area contributed by atoms with Crippen LogP contribution in [-0.2, 0) is 16.1 Å². The number of hydrogen-bond acceptors (Lipinski definition) is 7. The van der Waals surface area contributed by atoms with E-state index in [1.165, 1.54) is 0 Å². The highest BCUT2D eigenvalue weighted by Gasteiger charge is 2.29. The van der Waals surface area contributed by atoms with Crippen LogP contribution in [0.2, 0.25) is 10.0 Å². The molecule has 0 aliphatic heterocycles. The summed E-state index contributed by atoms with van der Waals surface area (Å²) in [5.74, 6) is -1.87. The van der Waals surface area contributed by atoms with Crippen LogP contribution in [0.15, 0.2) is 50.0 Å². The van der Waals surface area contributed by atoms with Crippen molar-refractivity contribution in [2.75, 3.05) is 6.61 Å². The average Bonchev–Trinajstić information content (AvgIpc) is 3.18. The lowest BCUT2D eigenvalue weighted by Crippen LogP contribution is -2.14. The maximum Gasteiger partial charge on any atom is 0.306 e. The van der Waals surface area contributed by atoms with Crippen molar-refractivity contribution in [1.29, 1.82) is 0 Å². The molecule has 0 fully saturated rings. The van der Waals surface area contributed by atoms with Crippen molar-refractivity contribution in [3.05, 3.63) is 73.9 Å². The molecule has 1 aromatic carbocycles. The molecule has 0 amide bonds. The van der Waals surface area contributed by atoms with E-state index in [0.717, 1.165) is 6.07 Å². The van der Waals surface area contributed by atoms with Gasteiger partial charge in [-0.25, -0.2) is 0 Å². The van der Waals surface area contributed by atoms with Crippen molar-refractivity contribution in [2.24, 2.45) is 0 Å². The van der Waals surface area contributed by atoms with Crippen LogP contribution < -0.4 is 5.43 Å². The maximum atomic E-state index is 12.2. The number of aromatic hydroxyl groups is 1. The Morgan fingerprint density at radius 3 is 2.60 bits per heavy atom. The zero-order chi connectivity index (χ0) is 21.8. The van der Waals surface area contributed by atoms with Crippen LogP contribution in [0.1, 0.15) is 36.5 Å². The van der Waals surface area contributed by atoms with Crippen LogP contribution in [0, 0.1) is 0 Å². The van der Waals surface area contributed by atoms with Gasteiger partial charge >= 0.3 is 5.97 Å². The van der Waals surface area contributed by atoms with Gasteiger partial charge in [-0.3, -0.25) is 9.59 Å². The van der Waals surface area contributed by atoms with E-state index < -0.39 is 29.7 Å². The molecule has 1 unspecified atom stereocenters. The van der Waals surface area contributed by atoms with Gasteiger partial charge in [0.15, 0.2) is 5.76 Å². The number of halogens is 2. The molecule has 0 radical (unpaired) electrons. The summed E-state index contributed by atoms with van der Waals surface area (Å²) in [6.45, 7) is 1.25. The maximum absolute atomic E-state index is 12.2. The van der Waals surface area contributed by atoms with Gasteiger partial charge in [-0.05, 0) is 37.3 Å². The number of aliphatic hydroxyl groups excluding tert-OH is 1. The molecule has 3 rings (SSSR count). The lowest BCUT2D eigenvalue weighted by molar-refractivity contribution is -0.143. The van der Waals surface area contributed by atoms with Crippen molar-refractivity contribution in [2.45, 2.75) is 25.9 Å². The highest BCUT2D eigenvalue weighted by molar-refractivity contribution is 6.36. The SMILES string of the molecule is CCOC(=O)CC(c1ccc(-c2ccc(Cl)cc2Cl)o1)c1oc(CO)cc(=O)c1O. The summed E-state index contributed by atoms with van der Waals surface area (Å²) in [5, 5.41) is 20.4. The third-order valence-electron chi connectivity index (χ3n) is 4.32. The molecule has 2 aromatic heterocycles. The Kier molecular flexibility index (Phi) is 6.87. The second kappa shape index (κ2) is 9.38. The minimum absolute atomic E-state index is 0.0609. The number of furan rings is 1. The minimum Gasteiger partial charge on any atom is -0.502 e. The van der Waals surface area contributed by atoms with Crippen LogP contribution in [0.25, 0.3) is 11.3 Å². The molecule has 2 N–H and O–H groups in total. The minimum atomic E-state index is -0.969. The topological polar surface area (TPSA) is 110 Å². The van der Waals surface area contributed by atoms with E-state index in [4.69, 9.17) is 36.8 Å². The zero-order valence-corrected chi connectivity index (χ0v) is 17.4. The van der Waals surface area contributed by atoms with Crippen LogP contribution in [0.5, 0.6) is 5.75 Å². The normalized spacial score (nSPS) is 12.0. The van der Waals surface area contributed by atoms with Crippen molar-refractivity contribution in [3.8, 4) is 17.1 Å². The molecule has 0 saturated heterocycles. The van der Waals surface area contributed by atoms with E-state index in [-0.39, 0.29) is 30.3 Å². The Bertz CT molecular complexity index is 1120. The van der Waals surface area contributed by atoms with Crippen LogP contribution in [0.3, 0.4) is 0 Å². The second-order valence-electron chi connectivity index (χ2n) is 6.34. The number of esters is 1. The molecule has 0 bridgehead atoms. The fourth-order valence-electron chi connectivity index (χ4n) is 2.95. The van der Waals surface area contributed by atoms with Gasteiger partial charge in [-0.1, -0.05) is 23.2 Å². The van der Waals surface area contributed by atoms with Crippen LogP contribution in [0.4, 0.5) is 0 Å². The summed E-state index contributed by atoms with van der Waals surface area (Å²) in [4.78, 5) is 24.2. The molecular weight excluding hydrogens is 435 g/mol. The molecule has 158 valence electrons. The molecule has 3 aromatic rings. The Labute approximate surface area is 181 Å². The fraction of sp³-hybridized carbons (Fsp3) is 0.238. The predicted octanol–water partition coefficient (Wildman–Crippen LogP) is 4.49. The van der Waals surface area contributed by atoms with Crippen molar-refractivity contribution < 1.29 is 28.6 Å². The van der Waals surface area contributed by atoms with Gasteiger partial charge in [0.2, 0.25) is 11.2 Å². The van der Waals surface area contributed by atoms with Gasteiger partial charge in [0.05, 0.1) is 24.0 Å². The quantitative estimate of drug-likeness (QED) is 0.508. The summed E-state index contributed by atoms with van der Waals surface area (Å²) >= 11 is 12.2. The number of aliphatic hydroxyl groups is 1. The standard InChI is InChI=1S/C21H18Cl2O7/c1-2-28-19(26)9-14(21-20(27)16(25)8-12(10-24)29-21)18-6-5-17(30-18)13-4-3-11(22)7-15(13)23/h3-8,14,24,27H,2,9-10H2,1H3. The molecule has 0 aliphatic carbocycles. The molecule has 1 atom stereocenters. The zero-order valence-electron chi connectivity index (χ0n) is 15.9. The molecule has 7 nitrogen and oxygen atoms in total. The molecule has 2 heterocycles. The van der Waals surface area contributed by atoms with Crippen LogP contribution >= 0.6 is 23.2 Å². The lowest BCUT2D eigenvalue weighted by atomic mass is 9.98. The Morgan fingerprint density at radius 1 is 1.17 bits per heavy atom. The second-order valence-corrected chi connectivity index (χ2v) is 7.18. The number of carbonyl (C=O) groups excluding carboxylic acids is 1. The number of hydrogen-bond donors (Lipinski definition) is 2. The van der Waals surface area contributed by atoms with Crippen molar-refractivity contribution in [1.82, 2.24) is 0 Å². The van der Waals surface area contributed by atoms with Crippen molar-refractivity contribution >= 4 is 29.2 Å². The molecule has 0 saturated carbocycles. The van der Waals surface area contributed by atoms with E-state index in [9.17, 15) is 19.8 Å². The highest BCUT2D eigenvalue weighted by atomic mass is 35.5. The molecular formula is C21H18Cl2O7. The Balaban J connectivity index is 2.08. The summed E-state index contributed by atoms with van der Waals surface area (Å²) in [7, 11) is 0. The monoisotopic (exact) mass is 452 g/mol. The number of carbonyl (C=O) groups is 1. The first kappa shape index (κ1) is 22.0. The van der Waals surface area contributed by atoms with Gasteiger partial charge in [-0.15, -0.1) is 0 Å². The summed E-state index contributed by atoms with van der Waals surface area (Å²) in [6, 6.07) is 9.07. The molecule has 0 aliphatic rings. The Morgan fingerprint density at radius 2 is 1.93 bits per heavy atom. The molecule has 0 spiro atoms. The smallest absolute Gasteiger partial charge is 0.306 e. The van der Waals surface area contributed by atoms with E-state index >= 15 is 0 Å². The van der Waals surface area contributed by atoms with E-state index in [2.05, 4.69) is 0 Å². The lowest BCUT2D eigenvalue weighted by Gasteiger charge is -2.15. The van der Waals surface area contributed by atoms with Crippen LogP contribution in [-0.4, -0.2) is 22.8 Å². The van der Waals surface area contributed by atoms with E-state index in [1.54, 1.807) is 37.3 Å².